The molecule has 6 heteroatoms. The van der Waals surface area contributed by atoms with E-state index in [1.54, 1.807) is 6.07 Å². The van der Waals surface area contributed by atoms with Crippen molar-refractivity contribution in [3.63, 3.8) is 0 Å². The Balaban J connectivity index is 2.70. The van der Waals surface area contributed by atoms with Gasteiger partial charge in [-0.05, 0) is 11.6 Å². The van der Waals surface area contributed by atoms with Crippen molar-refractivity contribution in [3.8, 4) is 11.8 Å². The molecule has 0 amide bonds. The summed E-state index contributed by atoms with van der Waals surface area (Å²) in [6.07, 6.45) is 2.03. The van der Waals surface area contributed by atoms with Crippen molar-refractivity contribution in [2.45, 2.75) is 13.0 Å². The number of hydrogen-bond acceptors (Lipinski definition) is 4. The number of nitrogens with two attached hydrogens (primary N) is 1. The molecule has 1 rings (SSSR count). The highest BCUT2D eigenvalue weighted by atomic mass is 16.3. The molecule has 1 heterocycles. The zero-order valence-electron chi connectivity index (χ0n) is 8.59. The van der Waals surface area contributed by atoms with Crippen LogP contribution in [0.15, 0.2) is 17.4 Å². The average molecular weight is 217 g/mol. The molecular weight excluding hydrogens is 206 g/mol. The molecule has 0 fully saturated rings. The van der Waals surface area contributed by atoms with E-state index in [0.717, 1.165) is 0 Å². The molecule has 0 aromatic carbocycles. The van der Waals surface area contributed by atoms with Gasteiger partial charge in [0.25, 0.3) is 0 Å². The van der Waals surface area contributed by atoms with E-state index >= 15 is 0 Å². The molecule has 0 atom stereocenters. The minimum Gasteiger partial charge on any atom is -0.392 e. The molecule has 16 heavy (non-hydrogen) atoms. The summed E-state index contributed by atoms with van der Waals surface area (Å²) in [5.41, 5.74) is 14.8. The van der Waals surface area contributed by atoms with Crippen LogP contribution in [-0.4, -0.2) is 16.6 Å². The number of anilines is 1. The van der Waals surface area contributed by atoms with Crippen molar-refractivity contribution in [2.75, 3.05) is 12.3 Å². The molecule has 0 aliphatic rings. The number of azide groups is 1. The summed E-state index contributed by atoms with van der Waals surface area (Å²) in [6, 6.07) is 1.68. The third kappa shape index (κ3) is 3.50. The summed E-state index contributed by atoms with van der Waals surface area (Å²) in [5, 5.41) is 12.3. The molecule has 3 N–H and O–H groups in total. The summed E-state index contributed by atoms with van der Waals surface area (Å²) in [4.78, 5) is 6.51. The van der Waals surface area contributed by atoms with E-state index in [-0.39, 0.29) is 6.61 Å². The molecule has 82 valence electrons. The van der Waals surface area contributed by atoms with Gasteiger partial charge in [0, 0.05) is 35.2 Å². The summed E-state index contributed by atoms with van der Waals surface area (Å²) in [6.45, 7) is 0.186. The Hall–Kier alpha value is -2.22. The van der Waals surface area contributed by atoms with E-state index < -0.39 is 0 Å². The largest absolute Gasteiger partial charge is 0.392 e. The summed E-state index contributed by atoms with van der Waals surface area (Å²) >= 11 is 0. The third-order valence-electron chi connectivity index (χ3n) is 1.80. The first kappa shape index (κ1) is 11.9. The minimum absolute atomic E-state index is 0.160. The number of aromatic nitrogens is 1. The van der Waals surface area contributed by atoms with Gasteiger partial charge in [-0.2, -0.15) is 0 Å². The van der Waals surface area contributed by atoms with Gasteiger partial charge in [0.05, 0.1) is 6.61 Å². The first-order valence-electron chi connectivity index (χ1n) is 4.63. The molecule has 0 unspecified atom stereocenters. The number of pyridine rings is 1. The second-order valence-electron chi connectivity index (χ2n) is 2.93. The molecule has 0 radical (unpaired) electrons. The molecule has 6 nitrogen and oxygen atoms in total. The van der Waals surface area contributed by atoms with Gasteiger partial charge < -0.3 is 10.8 Å². The maximum Gasteiger partial charge on any atom is 0.128 e. The van der Waals surface area contributed by atoms with Crippen molar-refractivity contribution in [2.24, 2.45) is 5.11 Å². The standard InChI is InChI=1S/C10H11N5O/c11-10-9(7-16)5-8(6-13-10)3-1-2-4-14-15-12/h5-6,16H,2,4,7H2,(H2,11,13). The Morgan fingerprint density at radius 1 is 1.62 bits per heavy atom. The average Bonchev–Trinajstić information content (AvgIpc) is 2.31. The molecule has 0 saturated carbocycles. The van der Waals surface area contributed by atoms with Gasteiger partial charge in [0.1, 0.15) is 5.82 Å². The van der Waals surface area contributed by atoms with Gasteiger partial charge in [-0.1, -0.05) is 17.0 Å². The van der Waals surface area contributed by atoms with Crippen LogP contribution in [0, 0.1) is 11.8 Å². The first-order valence-corrected chi connectivity index (χ1v) is 4.63. The Bertz CT molecular complexity index is 468. The summed E-state index contributed by atoms with van der Waals surface area (Å²) in [7, 11) is 0. The highest BCUT2D eigenvalue weighted by Crippen LogP contribution is 2.09. The fraction of sp³-hybridized carbons (Fsp3) is 0.300. The van der Waals surface area contributed by atoms with Crippen LogP contribution in [0.4, 0.5) is 5.82 Å². The molecule has 0 bridgehead atoms. The fourth-order valence-electron chi connectivity index (χ4n) is 1.03. The lowest BCUT2D eigenvalue weighted by Gasteiger charge is -2.00. The quantitative estimate of drug-likeness (QED) is 0.261. The van der Waals surface area contributed by atoms with Crippen LogP contribution < -0.4 is 5.73 Å². The normalized spacial score (nSPS) is 8.81. The van der Waals surface area contributed by atoms with Crippen LogP contribution in [0.2, 0.25) is 0 Å². The molecule has 1 aromatic rings. The zero-order chi connectivity index (χ0) is 11.8. The number of rotatable bonds is 3. The summed E-state index contributed by atoms with van der Waals surface area (Å²) in [5.74, 6) is 5.98. The molecule has 1 aromatic heterocycles. The minimum atomic E-state index is -0.160. The highest BCUT2D eigenvalue weighted by molar-refractivity contribution is 5.45. The highest BCUT2D eigenvalue weighted by Gasteiger charge is 1.98. The van der Waals surface area contributed by atoms with Crippen LogP contribution in [-0.2, 0) is 6.61 Å². The number of nitrogen functional groups attached to an aromatic ring is 1. The van der Waals surface area contributed by atoms with Crippen molar-refractivity contribution in [1.29, 1.82) is 0 Å². The number of aliphatic hydroxyl groups is 1. The van der Waals surface area contributed by atoms with Crippen LogP contribution in [0.1, 0.15) is 17.5 Å². The van der Waals surface area contributed by atoms with E-state index in [1.807, 2.05) is 0 Å². The Kier molecular flexibility index (Phi) is 4.67. The van der Waals surface area contributed by atoms with Gasteiger partial charge in [-0.25, -0.2) is 4.98 Å². The van der Waals surface area contributed by atoms with Crippen molar-refractivity contribution in [1.82, 2.24) is 4.98 Å². The smallest absolute Gasteiger partial charge is 0.128 e. The zero-order valence-corrected chi connectivity index (χ0v) is 8.59. The van der Waals surface area contributed by atoms with Crippen LogP contribution in [0.25, 0.3) is 10.4 Å². The van der Waals surface area contributed by atoms with Crippen molar-refractivity contribution in [3.05, 3.63) is 33.8 Å². The number of nitrogens with zero attached hydrogens (tertiary/aromatic N) is 4. The predicted molar refractivity (Wildman–Crippen MR) is 60.1 cm³/mol. The van der Waals surface area contributed by atoms with Crippen molar-refractivity contribution >= 4 is 5.82 Å². The van der Waals surface area contributed by atoms with E-state index in [4.69, 9.17) is 16.4 Å². The Labute approximate surface area is 92.7 Å². The topological polar surface area (TPSA) is 108 Å². The van der Waals surface area contributed by atoms with Gasteiger partial charge in [-0.3, -0.25) is 0 Å². The maximum absolute atomic E-state index is 8.96. The lowest BCUT2D eigenvalue weighted by Crippen LogP contribution is -1.98. The lowest BCUT2D eigenvalue weighted by molar-refractivity contribution is 0.282. The van der Waals surface area contributed by atoms with Gasteiger partial charge in [-0.15, -0.1) is 0 Å². The van der Waals surface area contributed by atoms with E-state index in [1.165, 1.54) is 6.20 Å². The molecule has 0 spiro atoms. The Morgan fingerprint density at radius 3 is 3.12 bits per heavy atom. The second-order valence-corrected chi connectivity index (χ2v) is 2.93. The second kappa shape index (κ2) is 6.30. The third-order valence-corrected chi connectivity index (χ3v) is 1.80. The molecule has 0 saturated heterocycles. The summed E-state index contributed by atoms with van der Waals surface area (Å²) < 4.78 is 0. The predicted octanol–water partition coefficient (Wildman–Crippen LogP) is 1.21. The fourth-order valence-corrected chi connectivity index (χ4v) is 1.03. The maximum atomic E-state index is 8.96. The van der Waals surface area contributed by atoms with Gasteiger partial charge in [0.2, 0.25) is 0 Å². The number of hydrogen-bond donors (Lipinski definition) is 2. The molecule has 0 aliphatic carbocycles. The monoisotopic (exact) mass is 217 g/mol. The van der Waals surface area contributed by atoms with Crippen molar-refractivity contribution < 1.29 is 5.11 Å². The first-order chi connectivity index (χ1) is 7.77. The van der Waals surface area contributed by atoms with E-state index in [2.05, 4.69) is 26.9 Å². The lowest BCUT2D eigenvalue weighted by atomic mass is 10.2. The SMILES string of the molecule is [N-]=[N+]=NCCC#Cc1cnc(N)c(CO)c1. The van der Waals surface area contributed by atoms with Gasteiger partial charge in [0.15, 0.2) is 0 Å². The number of aliphatic hydroxyl groups excluding tert-OH is 1. The van der Waals surface area contributed by atoms with E-state index in [9.17, 15) is 0 Å². The molecule has 0 aliphatic heterocycles. The van der Waals surface area contributed by atoms with Crippen LogP contribution in [0.5, 0.6) is 0 Å². The molecular formula is C10H11N5O. The van der Waals surface area contributed by atoms with Crippen LogP contribution in [0.3, 0.4) is 0 Å². The van der Waals surface area contributed by atoms with Crippen LogP contribution >= 0.6 is 0 Å². The van der Waals surface area contributed by atoms with E-state index in [0.29, 0.717) is 29.9 Å². The Morgan fingerprint density at radius 2 is 2.44 bits per heavy atom. The van der Waals surface area contributed by atoms with Gasteiger partial charge >= 0.3 is 0 Å².